The molecule has 1 N–H and O–H groups in total. The normalized spacial score (nSPS) is 23.8. The Hall–Kier alpha value is -1.81. The summed E-state index contributed by atoms with van der Waals surface area (Å²) in [6.45, 7) is 8.09. The number of aliphatic hydroxyl groups is 1. The number of carbonyl (C=O) groups excluding carboxylic acids is 1. The Bertz CT molecular complexity index is 562. The SMILES string of the molecule is CC1C(c2ccccc2)N(/C=C/CC(O)C(C)(C)C)C(=O)N1C. The maximum Gasteiger partial charge on any atom is 0.324 e. The lowest BCUT2D eigenvalue weighted by Crippen LogP contribution is -2.28. The highest BCUT2D eigenvalue weighted by Crippen LogP contribution is 2.34. The number of hydrogen-bond acceptors (Lipinski definition) is 2. The average molecular weight is 316 g/mol. The van der Waals surface area contributed by atoms with Crippen molar-refractivity contribution in [3.05, 3.63) is 48.2 Å². The quantitative estimate of drug-likeness (QED) is 0.918. The molecule has 4 heteroatoms. The van der Waals surface area contributed by atoms with Crippen molar-refractivity contribution in [2.24, 2.45) is 5.41 Å². The Kier molecular flexibility index (Phi) is 5.15. The van der Waals surface area contributed by atoms with Gasteiger partial charge in [0, 0.05) is 13.2 Å². The van der Waals surface area contributed by atoms with Gasteiger partial charge in [-0.15, -0.1) is 0 Å². The summed E-state index contributed by atoms with van der Waals surface area (Å²) in [5.41, 5.74) is 0.959. The van der Waals surface area contributed by atoms with Crippen LogP contribution in [0.15, 0.2) is 42.6 Å². The average Bonchev–Trinajstić information content (AvgIpc) is 2.71. The largest absolute Gasteiger partial charge is 0.392 e. The van der Waals surface area contributed by atoms with Crippen LogP contribution in [0.2, 0.25) is 0 Å². The number of nitrogens with zero attached hydrogens (tertiary/aromatic N) is 2. The number of hydrogen-bond donors (Lipinski definition) is 1. The third-order valence-electron chi connectivity index (χ3n) is 4.66. The molecule has 0 saturated carbocycles. The third kappa shape index (κ3) is 3.75. The molecule has 0 aromatic heterocycles. The smallest absolute Gasteiger partial charge is 0.324 e. The molecule has 1 aromatic carbocycles. The predicted octanol–water partition coefficient (Wildman–Crippen LogP) is 3.79. The fourth-order valence-electron chi connectivity index (χ4n) is 2.82. The monoisotopic (exact) mass is 316 g/mol. The Morgan fingerprint density at radius 1 is 1.26 bits per heavy atom. The number of benzene rings is 1. The molecule has 0 radical (unpaired) electrons. The van der Waals surface area contributed by atoms with Crippen molar-refractivity contribution < 1.29 is 9.90 Å². The van der Waals surface area contributed by atoms with Crippen LogP contribution >= 0.6 is 0 Å². The van der Waals surface area contributed by atoms with E-state index in [4.69, 9.17) is 0 Å². The van der Waals surface area contributed by atoms with Crippen molar-refractivity contribution in [3.8, 4) is 0 Å². The Balaban J connectivity index is 2.19. The van der Waals surface area contributed by atoms with E-state index >= 15 is 0 Å². The van der Waals surface area contributed by atoms with E-state index < -0.39 is 6.10 Å². The van der Waals surface area contributed by atoms with Gasteiger partial charge in [-0.3, -0.25) is 4.90 Å². The van der Waals surface area contributed by atoms with Gasteiger partial charge in [0.15, 0.2) is 0 Å². The summed E-state index contributed by atoms with van der Waals surface area (Å²) < 4.78 is 0. The van der Waals surface area contributed by atoms with Gasteiger partial charge in [-0.05, 0) is 24.3 Å². The molecule has 3 unspecified atom stereocenters. The van der Waals surface area contributed by atoms with E-state index in [0.717, 1.165) is 5.56 Å². The molecule has 1 aliphatic heterocycles. The highest BCUT2D eigenvalue weighted by atomic mass is 16.3. The Morgan fingerprint density at radius 3 is 2.43 bits per heavy atom. The van der Waals surface area contributed by atoms with Gasteiger partial charge in [-0.25, -0.2) is 4.79 Å². The molecule has 0 aliphatic carbocycles. The standard InChI is InChI=1S/C19H28N2O2/c1-14-17(15-10-7-6-8-11-15)21(18(23)20(14)5)13-9-12-16(22)19(2,3)4/h6-11,13-14,16-17,22H,12H2,1-5H3/b13-9+. The van der Waals surface area contributed by atoms with E-state index in [1.165, 1.54) is 0 Å². The first kappa shape index (κ1) is 17.5. The first-order valence-electron chi connectivity index (χ1n) is 8.18. The van der Waals surface area contributed by atoms with Crippen LogP contribution in [0.1, 0.15) is 45.7 Å². The Labute approximate surface area is 139 Å². The molecule has 4 nitrogen and oxygen atoms in total. The van der Waals surface area contributed by atoms with Crippen LogP contribution in [0.4, 0.5) is 4.79 Å². The predicted molar refractivity (Wildman–Crippen MR) is 92.9 cm³/mol. The van der Waals surface area contributed by atoms with Gasteiger partial charge in [0.25, 0.3) is 0 Å². The zero-order chi connectivity index (χ0) is 17.2. The van der Waals surface area contributed by atoms with Crippen LogP contribution < -0.4 is 0 Å². The summed E-state index contributed by atoms with van der Waals surface area (Å²) in [6, 6.07) is 10.2. The van der Waals surface area contributed by atoms with E-state index in [1.54, 1.807) is 9.80 Å². The summed E-state index contributed by atoms with van der Waals surface area (Å²) in [7, 11) is 1.83. The molecule has 3 atom stereocenters. The van der Waals surface area contributed by atoms with E-state index in [9.17, 15) is 9.90 Å². The number of likely N-dealkylation sites (N-methyl/N-ethyl adjacent to an activating group) is 1. The van der Waals surface area contributed by atoms with Crippen LogP contribution in [-0.2, 0) is 0 Å². The minimum Gasteiger partial charge on any atom is -0.392 e. The van der Waals surface area contributed by atoms with Crippen molar-refractivity contribution in [2.45, 2.75) is 52.3 Å². The number of carbonyl (C=O) groups is 1. The molecule has 0 bridgehead atoms. The van der Waals surface area contributed by atoms with Crippen molar-refractivity contribution >= 4 is 6.03 Å². The Morgan fingerprint density at radius 2 is 1.87 bits per heavy atom. The minimum absolute atomic E-state index is 0.00303. The van der Waals surface area contributed by atoms with Crippen molar-refractivity contribution in [3.63, 3.8) is 0 Å². The summed E-state index contributed by atoms with van der Waals surface area (Å²) >= 11 is 0. The second-order valence-corrected chi connectivity index (χ2v) is 7.40. The molecule has 1 heterocycles. The highest BCUT2D eigenvalue weighted by molar-refractivity contribution is 5.79. The van der Waals surface area contributed by atoms with Crippen molar-refractivity contribution in [2.75, 3.05) is 7.05 Å². The third-order valence-corrected chi connectivity index (χ3v) is 4.66. The first-order valence-corrected chi connectivity index (χ1v) is 8.18. The maximum atomic E-state index is 12.5. The summed E-state index contributed by atoms with van der Waals surface area (Å²) in [5.74, 6) is 0. The first-order chi connectivity index (χ1) is 10.7. The molecule has 1 aliphatic rings. The van der Waals surface area contributed by atoms with Gasteiger partial charge < -0.3 is 10.0 Å². The van der Waals surface area contributed by atoms with Crippen molar-refractivity contribution in [1.29, 1.82) is 0 Å². The zero-order valence-corrected chi connectivity index (χ0v) is 14.7. The lowest BCUT2D eigenvalue weighted by Gasteiger charge is -2.25. The number of rotatable bonds is 4. The van der Waals surface area contributed by atoms with E-state index in [-0.39, 0.29) is 23.5 Å². The van der Waals surface area contributed by atoms with Crippen molar-refractivity contribution in [1.82, 2.24) is 9.80 Å². The van der Waals surface area contributed by atoms with E-state index in [2.05, 4.69) is 19.1 Å². The summed E-state index contributed by atoms with van der Waals surface area (Å²) in [5, 5.41) is 10.1. The fourth-order valence-corrected chi connectivity index (χ4v) is 2.82. The van der Waals surface area contributed by atoms with E-state index in [0.29, 0.717) is 6.42 Å². The molecule has 1 fully saturated rings. The molecule has 126 valence electrons. The zero-order valence-electron chi connectivity index (χ0n) is 14.7. The molecule has 2 amide bonds. The molecule has 0 spiro atoms. The number of amides is 2. The molecule has 1 aromatic rings. The van der Waals surface area contributed by atoms with Crippen LogP contribution in [0, 0.1) is 5.41 Å². The highest BCUT2D eigenvalue weighted by Gasteiger charge is 2.40. The van der Waals surface area contributed by atoms with Crippen LogP contribution in [0.5, 0.6) is 0 Å². The molecular weight excluding hydrogens is 288 g/mol. The second kappa shape index (κ2) is 6.75. The lowest BCUT2D eigenvalue weighted by atomic mass is 9.87. The molecule has 1 saturated heterocycles. The molecular formula is C19H28N2O2. The van der Waals surface area contributed by atoms with Gasteiger partial charge in [0.05, 0.1) is 18.2 Å². The lowest BCUT2D eigenvalue weighted by molar-refractivity contribution is 0.0656. The van der Waals surface area contributed by atoms with Gasteiger partial charge in [-0.2, -0.15) is 0 Å². The van der Waals surface area contributed by atoms with Gasteiger partial charge in [0.1, 0.15) is 0 Å². The van der Waals surface area contributed by atoms with Gasteiger partial charge in [-0.1, -0.05) is 57.2 Å². The minimum atomic E-state index is -0.429. The number of urea groups is 1. The number of aliphatic hydroxyl groups excluding tert-OH is 1. The van der Waals surface area contributed by atoms with Gasteiger partial charge in [0.2, 0.25) is 0 Å². The molecule has 2 rings (SSSR count). The van der Waals surface area contributed by atoms with Crippen LogP contribution in [0.3, 0.4) is 0 Å². The summed E-state index contributed by atoms with van der Waals surface area (Å²) in [6.07, 6.45) is 3.83. The van der Waals surface area contributed by atoms with Gasteiger partial charge >= 0.3 is 6.03 Å². The topological polar surface area (TPSA) is 43.8 Å². The summed E-state index contributed by atoms with van der Waals surface area (Å²) in [4.78, 5) is 16.0. The fraction of sp³-hybridized carbons (Fsp3) is 0.526. The van der Waals surface area contributed by atoms with Crippen LogP contribution in [-0.4, -0.2) is 40.1 Å². The molecule has 23 heavy (non-hydrogen) atoms. The second-order valence-electron chi connectivity index (χ2n) is 7.40. The maximum absolute atomic E-state index is 12.5. The van der Waals surface area contributed by atoms with Crippen LogP contribution in [0.25, 0.3) is 0 Å². The van der Waals surface area contributed by atoms with E-state index in [1.807, 2.05) is 58.3 Å².